The Balaban J connectivity index is 0.000000326. The SMILES string of the molecule is C=CS(=O)(=O)O.c1ccc([S+](c2ccccc2)c2ccccc2)cc1. The van der Waals surface area contributed by atoms with E-state index in [0.29, 0.717) is 5.41 Å². The summed E-state index contributed by atoms with van der Waals surface area (Å²) in [6.07, 6.45) is 0. The van der Waals surface area contributed by atoms with Gasteiger partial charge in [-0.05, 0) is 36.4 Å². The molecule has 0 aromatic heterocycles. The Labute approximate surface area is 151 Å². The van der Waals surface area contributed by atoms with Crippen molar-refractivity contribution in [3.05, 3.63) is 103 Å². The lowest BCUT2D eigenvalue weighted by Crippen LogP contribution is -2.04. The Morgan fingerprint density at radius 1 is 0.680 bits per heavy atom. The monoisotopic (exact) mass is 371 g/mol. The first kappa shape index (κ1) is 19.0. The highest BCUT2D eigenvalue weighted by molar-refractivity contribution is 7.97. The van der Waals surface area contributed by atoms with Crippen molar-refractivity contribution in [3.63, 3.8) is 0 Å². The third-order valence-electron chi connectivity index (χ3n) is 3.15. The maximum atomic E-state index is 9.44. The van der Waals surface area contributed by atoms with Crippen LogP contribution in [0.15, 0.2) is 118 Å². The lowest BCUT2D eigenvalue weighted by molar-refractivity contribution is 0.494. The number of hydrogen-bond donors (Lipinski definition) is 1. The Hall–Kier alpha value is -2.34. The average Bonchev–Trinajstić information content (AvgIpc) is 2.65. The van der Waals surface area contributed by atoms with Crippen LogP contribution in [0.1, 0.15) is 0 Å². The topological polar surface area (TPSA) is 54.4 Å². The van der Waals surface area contributed by atoms with Gasteiger partial charge in [0.1, 0.15) is 0 Å². The van der Waals surface area contributed by atoms with E-state index in [1.54, 1.807) is 0 Å². The minimum atomic E-state index is -3.90. The first-order valence-corrected chi connectivity index (χ1v) is 10.2. The molecule has 128 valence electrons. The van der Waals surface area contributed by atoms with Crippen molar-refractivity contribution in [2.75, 3.05) is 0 Å². The summed E-state index contributed by atoms with van der Waals surface area (Å²) in [5, 5.41) is 0.465. The summed E-state index contributed by atoms with van der Waals surface area (Å²) in [7, 11) is -3.91. The highest BCUT2D eigenvalue weighted by Crippen LogP contribution is 2.30. The molecule has 0 amide bonds. The Morgan fingerprint density at radius 2 is 0.920 bits per heavy atom. The van der Waals surface area contributed by atoms with E-state index in [1.807, 2.05) is 0 Å². The van der Waals surface area contributed by atoms with E-state index < -0.39 is 10.1 Å². The van der Waals surface area contributed by atoms with Crippen molar-refractivity contribution >= 4 is 21.0 Å². The molecule has 0 fully saturated rings. The second kappa shape index (κ2) is 9.22. The highest BCUT2D eigenvalue weighted by atomic mass is 32.2. The lowest BCUT2D eigenvalue weighted by atomic mass is 10.4. The average molecular weight is 372 g/mol. The van der Waals surface area contributed by atoms with Crippen LogP contribution in [-0.4, -0.2) is 13.0 Å². The molecule has 3 rings (SSSR count). The molecule has 0 bridgehead atoms. The predicted molar refractivity (Wildman–Crippen MR) is 103 cm³/mol. The number of hydrogen-bond acceptors (Lipinski definition) is 2. The molecule has 0 aliphatic rings. The summed E-state index contributed by atoms with van der Waals surface area (Å²) >= 11 is 0. The zero-order valence-electron chi connectivity index (χ0n) is 13.5. The third-order valence-corrected chi connectivity index (χ3v) is 5.80. The second-order valence-electron chi connectivity index (χ2n) is 4.93. The van der Waals surface area contributed by atoms with E-state index in [-0.39, 0.29) is 10.9 Å². The van der Waals surface area contributed by atoms with Crippen LogP contribution in [0, 0.1) is 0 Å². The van der Waals surface area contributed by atoms with Gasteiger partial charge in [-0.2, -0.15) is 8.42 Å². The molecule has 3 aromatic rings. The van der Waals surface area contributed by atoms with Crippen molar-refractivity contribution in [1.82, 2.24) is 0 Å². The highest BCUT2D eigenvalue weighted by Gasteiger charge is 2.27. The molecule has 25 heavy (non-hydrogen) atoms. The Kier molecular flexibility index (Phi) is 7.01. The summed E-state index contributed by atoms with van der Waals surface area (Å²) in [5.74, 6) is 0. The number of rotatable bonds is 4. The van der Waals surface area contributed by atoms with E-state index >= 15 is 0 Å². The molecule has 5 heteroatoms. The minimum Gasteiger partial charge on any atom is -0.282 e. The van der Waals surface area contributed by atoms with Gasteiger partial charge in [-0.25, -0.2) is 0 Å². The molecule has 0 radical (unpaired) electrons. The summed E-state index contributed by atoms with van der Waals surface area (Å²) < 4.78 is 26.6. The largest absolute Gasteiger partial charge is 0.287 e. The van der Waals surface area contributed by atoms with Crippen LogP contribution in [0.2, 0.25) is 0 Å². The fourth-order valence-corrected chi connectivity index (χ4v) is 4.18. The molecule has 0 heterocycles. The van der Waals surface area contributed by atoms with E-state index in [4.69, 9.17) is 4.55 Å². The van der Waals surface area contributed by atoms with Gasteiger partial charge in [0.2, 0.25) is 0 Å². The summed E-state index contributed by atoms with van der Waals surface area (Å²) in [4.78, 5) is 4.08. The molecule has 3 aromatic carbocycles. The zero-order valence-corrected chi connectivity index (χ0v) is 15.2. The summed E-state index contributed by atoms with van der Waals surface area (Å²) in [6, 6.07) is 32.2. The molecule has 3 nitrogen and oxygen atoms in total. The standard InChI is InChI=1S/C18H15S.C2H4O3S/c1-4-10-16(11-5-1)19(17-12-6-2-7-13-17)18-14-8-3-9-15-18;1-2-6(3,4)5/h1-15H;2H,1H2,(H,3,4,5)/q+1;. The van der Waals surface area contributed by atoms with Gasteiger partial charge in [0.05, 0.1) is 16.3 Å². The van der Waals surface area contributed by atoms with Gasteiger partial charge in [0.15, 0.2) is 14.7 Å². The maximum Gasteiger partial charge on any atom is 0.287 e. The molecule has 0 saturated heterocycles. The van der Waals surface area contributed by atoms with Crippen LogP contribution in [0.25, 0.3) is 0 Å². The lowest BCUT2D eigenvalue weighted by Gasteiger charge is -2.07. The molecule has 0 aliphatic heterocycles. The van der Waals surface area contributed by atoms with E-state index in [0.717, 1.165) is 0 Å². The molecule has 0 saturated carbocycles. The third kappa shape index (κ3) is 6.23. The van der Waals surface area contributed by atoms with Crippen LogP contribution < -0.4 is 0 Å². The molecule has 0 unspecified atom stereocenters. The van der Waals surface area contributed by atoms with Crippen molar-refractivity contribution < 1.29 is 13.0 Å². The molecular formula is C20H19O3S2+. The summed E-state index contributed by atoms with van der Waals surface area (Å²) in [5.41, 5.74) is 0. The number of benzene rings is 3. The molecule has 0 atom stereocenters. The molecule has 0 aliphatic carbocycles. The first-order chi connectivity index (χ1) is 12.0. The quantitative estimate of drug-likeness (QED) is 0.529. The summed E-state index contributed by atoms with van der Waals surface area (Å²) in [6.45, 7) is 2.79. The molecule has 0 spiro atoms. The minimum absolute atomic E-state index is 0.0146. The van der Waals surface area contributed by atoms with Gasteiger partial charge < -0.3 is 0 Å². The van der Waals surface area contributed by atoms with Gasteiger partial charge in [-0.1, -0.05) is 61.2 Å². The molecule has 1 N–H and O–H groups in total. The van der Waals surface area contributed by atoms with E-state index in [2.05, 4.69) is 97.6 Å². The van der Waals surface area contributed by atoms with Crippen LogP contribution in [0.3, 0.4) is 0 Å². The maximum absolute atomic E-state index is 9.44. The van der Waals surface area contributed by atoms with Crippen LogP contribution >= 0.6 is 0 Å². The van der Waals surface area contributed by atoms with Crippen molar-refractivity contribution in [2.45, 2.75) is 14.7 Å². The fraction of sp³-hybridized carbons (Fsp3) is 0. The van der Waals surface area contributed by atoms with Crippen molar-refractivity contribution in [1.29, 1.82) is 0 Å². The van der Waals surface area contributed by atoms with E-state index in [1.165, 1.54) is 14.7 Å². The van der Waals surface area contributed by atoms with Crippen LogP contribution in [0.4, 0.5) is 0 Å². The normalized spacial score (nSPS) is 10.6. The van der Waals surface area contributed by atoms with Gasteiger partial charge in [0.25, 0.3) is 10.1 Å². The Bertz CT molecular complexity index is 772. The van der Waals surface area contributed by atoms with Gasteiger partial charge in [0, 0.05) is 0 Å². The smallest absolute Gasteiger partial charge is 0.282 e. The fourth-order valence-electron chi connectivity index (χ4n) is 2.08. The van der Waals surface area contributed by atoms with Crippen molar-refractivity contribution in [2.24, 2.45) is 0 Å². The van der Waals surface area contributed by atoms with Gasteiger partial charge >= 0.3 is 0 Å². The van der Waals surface area contributed by atoms with Crippen molar-refractivity contribution in [3.8, 4) is 0 Å². The van der Waals surface area contributed by atoms with Gasteiger partial charge in [-0.15, -0.1) is 0 Å². The van der Waals surface area contributed by atoms with Gasteiger partial charge in [-0.3, -0.25) is 4.55 Å². The van der Waals surface area contributed by atoms with E-state index in [9.17, 15) is 8.42 Å². The van der Waals surface area contributed by atoms with Crippen LogP contribution in [-0.2, 0) is 21.0 Å². The molecular weight excluding hydrogens is 352 g/mol. The zero-order chi connectivity index (χ0) is 18.1. The second-order valence-corrected chi connectivity index (χ2v) is 8.32. The Morgan fingerprint density at radius 3 is 1.12 bits per heavy atom. The predicted octanol–water partition coefficient (Wildman–Crippen LogP) is 4.80. The van der Waals surface area contributed by atoms with Crippen LogP contribution in [0.5, 0.6) is 0 Å². The first-order valence-electron chi connectivity index (χ1n) is 7.50.